The van der Waals surface area contributed by atoms with Crippen LogP contribution in [0, 0.1) is 5.82 Å². The van der Waals surface area contributed by atoms with E-state index in [1.165, 1.54) is 17.9 Å². The minimum atomic E-state index is -0.574. The van der Waals surface area contributed by atoms with E-state index in [0.717, 1.165) is 5.56 Å². The Hall–Kier alpha value is -4.73. The normalized spacial score (nSPS) is 17.3. The molecule has 0 radical (unpaired) electrons. The number of hydrazone groups is 1. The minimum absolute atomic E-state index is 0.0339. The van der Waals surface area contributed by atoms with Crippen LogP contribution in [-0.4, -0.2) is 79.4 Å². The highest BCUT2D eigenvalue weighted by Gasteiger charge is 2.32. The van der Waals surface area contributed by atoms with Gasteiger partial charge in [0, 0.05) is 31.1 Å². The molecule has 3 amide bonds. The van der Waals surface area contributed by atoms with Crippen LogP contribution in [0.15, 0.2) is 77.9 Å². The second kappa shape index (κ2) is 12.0. The summed E-state index contributed by atoms with van der Waals surface area (Å²) in [7, 11) is 0. The van der Waals surface area contributed by atoms with Crippen LogP contribution in [0.2, 0.25) is 0 Å². The molecule has 0 spiro atoms. The van der Waals surface area contributed by atoms with Crippen molar-refractivity contribution in [1.82, 2.24) is 15.2 Å². The Balaban J connectivity index is 1.16. The lowest BCUT2D eigenvalue weighted by atomic mass is 10.0. The summed E-state index contributed by atoms with van der Waals surface area (Å²) in [5.41, 5.74) is 3.06. The van der Waals surface area contributed by atoms with Crippen LogP contribution in [0.5, 0.6) is 0 Å². The highest BCUT2D eigenvalue weighted by molar-refractivity contribution is 5.94. The molecule has 2 aliphatic rings. The van der Waals surface area contributed by atoms with E-state index < -0.39 is 18.0 Å². The molecule has 2 fully saturated rings. The fourth-order valence-corrected chi connectivity index (χ4v) is 4.68. The highest BCUT2D eigenvalue weighted by Crippen LogP contribution is 2.29. The summed E-state index contributed by atoms with van der Waals surface area (Å²) in [6.45, 7) is 4.31. The molecule has 2 heterocycles. The molecule has 9 nitrogen and oxygen atoms in total. The van der Waals surface area contributed by atoms with Crippen molar-refractivity contribution in [2.45, 2.75) is 13.0 Å². The predicted molar refractivity (Wildman–Crippen MR) is 150 cm³/mol. The molecular formula is C30H30FN5O4. The minimum Gasteiger partial charge on any atom is -0.442 e. The topological polar surface area (TPSA) is 94.5 Å². The first-order chi connectivity index (χ1) is 19.4. The number of benzene rings is 3. The van der Waals surface area contributed by atoms with Crippen LogP contribution in [0.1, 0.15) is 22.8 Å². The predicted octanol–water partition coefficient (Wildman–Crippen LogP) is 3.75. The van der Waals surface area contributed by atoms with Crippen LogP contribution in [0.25, 0.3) is 11.1 Å². The van der Waals surface area contributed by atoms with Gasteiger partial charge in [0.25, 0.3) is 5.91 Å². The molecule has 2 saturated heterocycles. The average Bonchev–Trinajstić information content (AvgIpc) is 3.36. The van der Waals surface area contributed by atoms with E-state index in [4.69, 9.17) is 4.74 Å². The Labute approximate surface area is 231 Å². The second-order valence-corrected chi connectivity index (χ2v) is 9.70. The summed E-state index contributed by atoms with van der Waals surface area (Å²) in [4.78, 5) is 39.2. The Bertz CT molecular complexity index is 1410. The summed E-state index contributed by atoms with van der Waals surface area (Å²) >= 11 is 0. The first kappa shape index (κ1) is 26.9. The lowest BCUT2D eigenvalue weighted by Crippen LogP contribution is -2.46. The van der Waals surface area contributed by atoms with Crippen LogP contribution in [0.4, 0.5) is 14.9 Å². The smallest absolute Gasteiger partial charge is 0.414 e. The highest BCUT2D eigenvalue weighted by atomic mass is 19.1. The zero-order valence-corrected chi connectivity index (χ0v) is 22.1. The van der Waals surface area contributed by atoms with Gasteiger partial charge in [-0.15, -0.1) is 0 Å². The monoisotopic (exact) mass is 543 g/mol. The second-order valence-electron chi connectivity index (χ2n) is 9.70. The molecule has 1 atom stereocenters. The van der Waals surface area contributed by atoms with Crippen molar-refractivity contribution < 1.29 is 23.5 Å². The summed E-state index contributed by atoms with van der Waals surface area (Å²) in [5, 5.41) is 9.11. The van der Waals surface area contributed by atoms with Gasteiger partial charge in [0.2, 0.25) is 5.91 Å². The maximum atomic E-state index is 15.1. The van der Waals surface area contributed by atoms with E-state index in [2.05, 4.69) is 10.4 Å². The number of anilines is 1. The van der Waals surface area contributed by atoms with E-state index in [-0.39, 0.29) is 24.9 Å². The molecule has 1 N–H and O–H groups in total. The van der Waals surface area contributed by atoms with E-state index in [9.17, 15) is 14.4 Å². The van der Waals surface area contributed by atoms with Crippen molar-refractivity contribution in [3.8, 4) is 11.1 Å². The number of cyclic esters (lactones) is 1. The van der Waals surface area contributed by atoms with Gasteiger partial charge in [0.05, 0.1) is 38.1 Å². The van der Waals surface area contributed by atoms with Gasteiger partial charge in [-0.25, -0.2) is 9.18 Å². The molecule has 2 aliphatic heterocycles. The fourth-order valence-electron chi connectivity index (χ4n) is 4.68. The van der Waals surface area contributed by atoms with Crippen molar-refractivity contribution in [2.75, 3.05) is 44.2 Å². The van der Waals surface area contributed by atoms with E-state index in [1.54, 1.807) is 18.3 Å². The van der Waals surface area contributed by atoms with Gasteiger partial charge in [-0.3, -0.25) is 19.5 Å². The van der Waals surface area contributed by atoms with Crippen molar-refractivity contribution in [3.05, 3.63) is 89.7 Å². The maximum absolute atomic E-state index is 15.1. The third kappa shape index (κ3) is 6.28. The number of nitrogens with zero attached hydrogens (tertiary/aromatic N) is 4. The average molecular weight is 544 g/mol. The molecular weight excluding hydrogens is 513 g/mol. The molecule has 206 valence electrons. The number of hydrogen-bond acceptors (Lipinski definition) is 6. The van der Waals surface area contributed by atoms with Gasteiger partial charge in [0.1, 0.15) is 11.9 Å². The molecule has 0 saturated carbocycles. The van der Waals surface area contributed by atoms with Crippen molar-refractivity contribution >= 4 is 29.8 Å². The Morgan fingerprint density at radius 2 is 1.75 bits per heavy atom. The van der Waals surface area contributed by atoms with Crippen LogP contribution >= 0.6 is 0 Å². The van der Waals surface area contributed by atoms with Gasteiger partial charge in [-0.1, -0.05) is 42.5 Å². The molecule has 0 aromatic heterocycles. The molecule has 3 aromatic carbocycles. The molecule has 5 rings (SSSR count). The molecule has 0 aliphatic carbocycles. The van der Waals surface area contributed by atoms with Gasteiger partial charge in [-0.2, -0.15) is 5.10 Å². The Morgan fingerprint density at radius 3 is 2.42 bits per heavy atom. The summed E-state index contributed by atoms with van der Waals surface area (Å²) in [6.07, 6.45) is 0.693. The Kier molecular flexibility index (Phi) is 8.04. The van der Waals surface area contributed by atoms with E-state index >= 15 is 4.39 Å². The number of amides is 3. The molecule has 10 heteroatoms. The first-order valence-electron chi connectivity index (χ1n) is 13.1. The van der Waals surface area contributed by atoms with E-state index in [0.29, 0.717) is 48.6 Å². The Morgan fingerprint density at radius 1 is 1.02 bits per heavy atom. The van der Waals surface area contributed by atoms with Crippen molar-refractivity contribution in [2.24, 2.45) is 5.10 Å². The van der Waals surface area contributed by atoms with Gasteiger partial charge >= 0.3 is 6.09 Å². The molecule has 0 unspecified atom stereocenters. The number of halogens is 1. The van der Waals surface area contributed by atoms with Crippen LogP contribution < -0.4 is 10.2 Å². The summed E-state index contributed by atoms with van der Waals surface area (Å²) < 4.78 is 20.3. The van der Waals surface area contributed by atoms with Gasteiger partial charge < -0.3 is 15.0 Å². The zero-order valence-electron chi connectivity index (χ0n) is 22.1. The maximum Gasteiger partial charge on any atom is 0.414 e. The number of hydrogen-bond donors (Lipinski definition) is 1. The number of nitrogens with one attached hydrogen (secondary N) is 1. The lowest BCUT2D eigenvalue weighted by Gasteiger charge is -2.33. The summed E-state index contributed by atoms with van der Waals surface area (Å²) in [5.74, 6) is -0.635. The number of piperazine rings is 1. The van der Waals surface area contributed by atoms with Gasteiger partial charge in [-0.05, 0) is 41.5 Å². The fraction of sp³-hybridized carbons (Fsp3) is 0.267. The number of rotatable bonds is 7. The van der Waals surface area contributed by atoms with Crippen molar-refractivity contribution in [1.29, 1.82) is 0 Å². The lowest BCUT2D eigenvalue weighted by molar-refractivity contribution is -0.119. The largest absolute Gasteiger partial charge is 0.442 e. The molecule has 0 bridgehead atoms. The third-order valence-corrected chi connectivity index (χ3v) is 6.87. The van der Waals surface area contributed by atoms with Crippen LogP contribution in [0.3, 0.4) is 0 Å². The van der Waals surface area contributed by atoms with E-state index in [1.807, 2.05) is 64.5 Å². The standard InChI is InChI=1S/C30H30FN5O4/c1-21(37)32-19-26-20-36(30(39)40-26)25-11-12-27(28(31)17-25)23-9-7-22(8-10-23)18-33-35-15-13-34(14-16-35)29(38)24-5-3-2-4-6-24/h2-12,17-18,26H,13-16,19-20H2,1H3,(H,32,37)/b33-18+/t26-/m0/s1. The molecule has 40 heavy (non-hydrogen) atoms. The zero-order chi connectivity index (χ0) is 28.1. The number of carbonyl (C=O) groups excluding carboxylic acids is 3. The third-order valence-electron chi connectivity index (χ3n) is 6.87. The first-order valence-corrected chi connectivity index (χ1v) is 13.1. The molecule has 3 aromatic rings. The SMILES string of the molecule is CC(=O)NC[C@H]1CN(c2ccc(-c3ccc(/C=N/N4CCN(C(=O)c5ccccc5)CC4)cc3)c(F)c2)C(=O)O1. The summed E-state index contributed by atoms with van der Waals surface area (Å²) in [6, 6.07) is 21.3. The van der Waals surface area contributed by atoms with Crippen LogP contribution in [-0.2, 0) is 9.53 Å². The van der Waals surface area contributed by atoms with Crippen molar-refractivity contribution in [3.63, 3.8) is 0 Å². The number of ether oxygens (including phenoxy) is 1. The number of carbonyl (C=O) groups is 3. The quantitative estimate of drug-likeness (QED) is 0.458. The van der Waals surface area contributed by atoms with Gasteiger partial charge in [0.15, 0.2) is 0 Å².